The second-order valence-corrected chi connectivity index (χ2v) is 3.50. The third-order valence-electron chi connectivity index (χ3n) is 1.41. The molecule has 0 radical (unpaired) electrons. The first-order valence-electron chi connectivity index (χ1n) is 3.43. The molecule has 0 saturated carbocycles. The maximum atomic E-state index is 5.68. The lowest BCUT2D eigenvalue weighted by Crippen LogP contribution is -1.94. The molecule has 2 rings (SSSR count). The van der Waals surface area contributed by atoms with E-state index in [1.807, 2.05) is 0 Å². The van der Waals surface area contributed by atoms with Crippen LogP contribution in [0.5, 0.6) is 0 Å². The van der Waals surface area contributed by atoms with Crippen LogP contribution in [0.3, 0.4) is 0 Å². The zero-order chi connectivity index (χ0) is 9.26. The smallest absolute Gasteiger partial charge is 0.158 e. The predicted molar refractivity (Wildman–Crippen MR) is 51.9 cm³/mol. The van der Waals surface area contributed by atoms with Crippen molar-refractivity contribution < 1.29 is 0 Å². The number of hydrogen-bond acceptors (Lipinski definition) is 3. The van der Waals surface area contributed by atoms with E-state index in [4.69, 9.17) is 11.6 Å². The van der Waals surface area contributed by atoms with Crippen LogP contribution in [-0.4, -0.2) is 19.5 Å². The van der Waals surface area contributed by atoms with Gasteiger partial charge < -0.3 is 0 Å². The molecule has 2 aromatic heterocycles. The topological polar surface area (TPSA) is 43.6 Å². The molecule has 6 heteroatoms. The van der Waals surface area contributed by atoms with Gasteiger partial charge >= 0.3 is 0 Å². The molecule has 2 aromatic rings. The molecular formula is C7H4BrClN4. The summed E-state index contributed by atoms with van der Waals surface area (Å²) in [5, 5.41) is 0.363. The Labute approximate surface area is 87.7 Å². The minimum absolute atomic E-state index is 0.363. The Morgan fingerprint density at radius 1 is 1.38 bits per heavy atom. The van der Waals surface area contributed by atoms with Gasteiger partial charge in [0.2, 0.25) is 0 Å². The van der Waals surface area contributed by atoms with Crippen LogP contribution in [0.25, 0.3) is 5.82 Å². The number of imidazole rings is 1. The third kappa shape index (κ3) is 1.87. The number of nitrogens with zero attached hydrogens (tertiary/aromatic N) is 4. The Hall–Kier alpha value is -0.940. The van der Waals surface area contributed by atoms with Crippen molar-refractivity contribution in [3.8, 4) is 5.82 Å². The maximum absolute atomic E-state index is 5.68. The minimum Gasteiger partial charge on any atom is -0.288 e. The third-order valence-corrected chi connectivity index (χ3v) is 2.00. The van der Waals surface area contributed by atoms with Gasteiger partial charge in [-0.15, -0.1) is 0 Å². The van der Waals surface area contributed by atoms with Gasteiger partial charge in [-0.2, -0.15) is 0 Å². The van der Waals surface area contributed by atoms with Crippen LogP contribution >= 0.6 is 27.5 Å². The van der Waals surface area contributed by atoms with E-state index in [0.29, 0.717) is 11.0 Å². The molecule has 66 valence electrons. The Kier molecular flexibility index (Phi) is 2.28. The lowest BCUT2D eigenvalue weighted by Gasteiger charge is -1.98. The van der Waals surface area contributed by atoms with E-state index in [1.165, 1.54) is 6.20 Å². The van der Waals surface area contributed by atoms with Gasteiger partial charge in [0.15, 0.2) is 5.82 Å². The van der Waals surface area contributed by atoms with E-state index in [0.717, 1.165) is 4.60 Å². The fourth-order valence-corrected chi connectivity index (χ4v) is 1.34. The fourth-order valence-electron chi connectivity index (χ4n) is 0.881. The fraction of sp³-hybridized carbons (Fsp3) is 0. The summed E-state index contributed by atoms with van der Waals surface area (Å²) in [4.78, 5) is 12.0. The molecule has 0 atom stereocenters. The molecule has 13 heavy (non-hydrogen) atoms. The molecule has 2 heterocycles. The summed E-state index contributed by atoms with van der Waals surface area (Å²) in [6, 6.07) is 0. The highest BCUT2D eigenvalue weighted by molar-refractivity contribution is 9.10. The Bertz CT molecular complexity index is 428. The van der Waals surface area contributed by atoms with Crippen LogP contribution in [0.2, 0.25) is 5.15 Å². The van der Waals surface area contributed by atoms with Gasteiger partial charge in [-0.3, -0.25) is 9.55 Å². The van der Waals surface area contributed by atoms with Gasteiger partial charge in [-0.05, 0) is 15.9 Å². The number of rotatable bonds is 1. The van der Waals surface area contributed by atoms with E-state index in [2.05, 4.69) is 30.9 Å². The summed E-state index contributed by atoms with van der Waals surface area (Å²) < 4.78 is 2.47. The molecule has 0 bridgehead atoms. The average Bonchev–Trinajstić information content (AvgIpc) is 2.52. The summed E-state index contributed by atoms with van der Waals surface area (Å²) in [5.41, 5.74) is 0. The highest BCUT2D eigenvalue weighted by Gasteiger charge is 2.00. The molecule has 0 spiro atoms. The maximum Gasteiger partial charge on any atom is 0.158 e. The van der Waals surface area contributed by atoms with Crippen LogP contribution in [0, 0.1) is 0 Å². The summed E-state index contributed by atoms with van der Waals surface area (Å²) in [7, 11) is 0. The molecule has 0 aromatic carbocycles. The Balaban J connectivity index is 2.46. The highest BCUT2D eigenvalue weighted by atomic mass is 79.9. The molecule has 0 unspecified atom stereocenters. The Morgan fingerprint density at radius 3 is 2.85 bits per heavy atom. The molecular weight excluding hydrogens is 255 g/mol. The highest BCUT2D eigenvalue weighted by Crippen LogP contribution is 2.10. The molecule has 0 fully saturated rings. The van der Waals surface area contributed by atoms with Gasteiger partial charge in [0.05, 0.1) is 12.4 Å². The second kappa shape index (κ2) is 3.43. The normalized spacial score (nSPS) is 10.3. The van der Waals surface area contributed by atoms with Crippen molar-refractivity contribution in [2.45, 2.75) is 0 Å². The first-order valence-corrected chi connectivity index (χ1v) is 4.60. The zero-order valence-corrected chi connectivity index (χ0v) is 8.70. The van der Waals surface area contributed by atoms with Gasteiger partial charge in [-0.25, -0.2) is 9.97 Å². The molecule has 0 aliphatic heterocycles. The van der Waals surface area contributed by atoms with E-state index in [-0.39, 0.29) is 0 Å². The van der Waals surface area contributed by atoms with Crippen LogP contribution in [0.15, 0.2) is 29.5 Å². The number of halogens is 2. The van der Waals surface area contributed by atoms with Crippen molar-refractivity contribution in [1.29, 1.82) is 0 Å². The average molecular weight is 259 g/mol. The number of aromatic nitrogens is 4. The van der Waals surface area contributed by atoms with Crippen LogP contribution in [0.1, 0.15) is 0 Å². The van der Waals surface area contributed by atoms with Crippen LogP contribution in [0.4, 0.5) is 0 Å². The molecule has 0 amide bonds. The van der Waals surface area contributed by atoms with Gasteiger partial charge in [0, 0.05) is 6.20 Å². The lowest BCUT2D eigenvalue weighted by molar-refractivity contribution is 0.971. The monoisotopic (exact) mass is 258 g/mol. The SMILES string of the molecule is Clc1cncc(-n2cnc(Br)c2)n1. The summed E-state index contributed by atoms with van der Waals surface area (Å²) >= 11 is 8.92. The first-order chi connectivity index (χ1) is 6.25. The van der Waals surface area contributed by atoms with Gasteiger partial charge in [0.1, 0.15) is 16.1 Å². The van der Waals surface area contributed by atoms with Crippen molar-refractivity contribution in [1.82, 2.24) is 19.5 Å². The van der Waals surface area contributed by atoms with E-state index in [1.54, 1.807) is 23.3 Å². The van der Waals surface area contributed by atoms with E-state index in [9.17, 15) is 0 Å². The predicted octanol–water partition coefficient (Wildman–Crippen LogP) is 2.08. The molecule has 4 nitrogen and oxygen atoms in total. The Morgan fingerprint density at radius 2 is 2.23 bits per heavy atom. The van der Waals surface area contributed by atoms with Gasteiger partial charge in [-0.1, -0.05) is 11.6 Å². The van der Waals surface area contributed by atoms with Crippen molar-refractivity contribution in [3.63, 3.8) is 0 Å². The minimum atomic E-state index is 0.363. The van der Waals surface area contributed by atoms with Crippen molar-refractivity contribution >= 4 is 27.5 Å². The lowest BCUT2D eigenvalue weighted by atomic mass is 10.6. The first kappa shape index (κ1) is 8.65. The second-order valence-electron chi connectivity index (χ2n) is 2.30. The molecule has 0 N–H and O–H groups in total. The number of hydrogen-bond donors (Lipinski definition) is 0. The van der Waals surface area contributed by atoms with Gasteiger partial charge in [0.25, 0.3) is 0 Å². The summed E-state index contributed by atoms with van der Waals surface area (Å²) in [6.07, 6.45) is 6.50. The molecule has 0 aliphatic carbocycles. The van der Waals surface area contributed by atoms with Crippen molar-refractivity contribution in [2.75, 3.05) is 0 Å². The molecule has 0 saturated heterocycles. The van der Waals surface area contributed by atoms with Crippen molar-refractivity contribution in [3.05, 3.63) is 34.7 Å². The summed E-state index contributed by atoms with van der Waals surface area (Å²) in [5.74, 6) is 0.644. The largest absolute Gasteiger partial charge is 0.288 e. The quantitative estimate of drug-likeness (QED) is 0.787. The standard InChI is InChI=1S/C7H4BrClN4/c8-5-3-13(4-11-5)7-2-10-1-6(9)12-7/h1-4H. The van der Waals surface area contributed by atoms with Crippen molar-refractivity contribution in [2.24, 2.45) is 0 Å². The van der Waals surface area contributed by atoms with E-state index >= 15 is 0 Å². The van der Waals surface area contributed by atoms with Crippen LogP contribution < -0.4 is 0 Å². The zero-order valence-electron chi connectivity index (χ0n) is 6.35. The summed E-state index contributed by atoms with van der Waals surface area (Å²) in [6.45, 7) is 0. The van der Waals surface area contributed by atoms with E-state index < -0.39 is 0 Å². The van der Waals surface area contributed by atoms with Crippen LogP contribution in [-0.2, 0) is 0 Å². The molecule has 0 aliphatic rings.